The smallest absolute Gasteiger partial charge is 0.254 e. The quantitative estimate of drug-likeness (QED) is 0.921. The summed E-state index contributed by atoms with van der Waals surface area (Å²) in [6.07, 6.45) is 0. The highest BCUT2D eigenvalue weighted by Gasteiger charge is 2.14. The molecule has 2 rings (SSSR count). The Balaban J connectivity index is 2.71. The normalized spacial score (nSPS) is 10.8. The summed E-state index contributed by atoms with van der Waals surface area (Å²) in [6.45, 7) is 5.77. The predicted molar refractivity (Wildman–Crippen MR) is 75.7 cm³/mol. The van der Waals surface area contributed by atoms with Crippen molar-refractivity contribution in [2.24, 2.45) is 0 Å². The summed E-state index contributed by atoms with van der Waals surface area (Å²) in [7, 11) is 1.62. The van der Waals surface area contributed by atoms with E-state index in [0.717, 1.165) is 11.3 Å². The van der Waals surface area contributed by atoms with Crippen molar-refractivity contribution in [1.29, 1.82) is 0 Å². The van der Waals surface area contributed by atoms with Gasteiger partial charge in [0.05, 0.1) is 12.8 Å². The molecule has 100 valence electrons. The van der Waals surface area contributed by atoms with E-state index in [9.17, 15) is 4.79 Å². The molecule has 4 heteroatoms. The van der Waals surface area contributed by atoms with Crippen molar-refractivity contribution >= 4 is 0 Å². The zero-order chi connectivity index (χ0) is 14.0. The van der Waals surface area contributed by atoms with Gasteiger partial charge in [-0.05, 0) is 19.1 Å². The Kier molecular flexibility index (Phi) is 3.69. The first-order valence-electron chi connectivity index (χ1n) is 6.28. The largest absolute Gasteiger partial charge is 0.496 e. The van der Waals surface area contributed by atoms with Crippen molar-refractivity contribution in [2.75, 3.05) is 7.11 Å². The Labute approximate surface area is 112 Å². The van der Waals surface area contributed by atoms with E-state index in [2.05, 4.69) is 9.97 Å². The molecule has 1 aromatic carbocycles. The average molecular weight is 258 g/mol. The van der Waals surface area contributed by atoms with Crippen LogP contribution >= 0.6 is 0 Å². The second-order valence-corrected chi connectivity index (χ2v) is 4.78. The molecule has 1 aromatic heterocycles. The van der Waals surface area contributed by atoms with Crippen LogP contribution in [0.15, 0.2) is 29.1 Å². The highest BCUT2D eigenvalue weighted by molar-refractivity contribution is 5.69. The monoisotopic (exact) mass is 258 g/mol. The molecule has 0 radical (unpaired) electrons. The molecule has 0 aliphatic rings. The van der Waals surface area contributed by atoms with Crippen molar-refractivity contribution in [2.45, 2.75) is 26.7 Å². The lowest BCUT2D eigenvalue weighted by atomic mass is 10.1. The standard InChI is InChI=1S/C15H18N2O2/c1-9(2)14-16-13(10(3)15(18)17-14)11-7-5-6-8-12(11)19-4/h5-9H,1-4H3,(H,16,17,18). The van der Waals surface area contributed by atoms with E-state index < -0.39 is 0 Å². The Morgan fingerprint density at radius 1 is 1.26 bits per heavy atom. The summed E-state index contributed by atoms with van der Waals surface area (Å²) >= 11 is 0. The van der Waals surface area contributed by atoms with Crippen molar-refractivity contribution in [3.05, 3.63) is 46.0 Å². The second-order valence-electron chi connectivity index (χ2n) is 4.78. The topological polar surface area (TPSA) is 55.0 Å². The molecule has 4 nitrogen and oxygen atoms in total. The number of hydrogen-bond acceptors (Lipinski definition) is 3. The number of rotatable bonds is 3. The van der Waals surface area contributed by atoms with Gasteiger partial charge in [-0.15, -0.1) is 0 Å². The van der Waals surface area contributed by atoms with Crippen LogP contribution in [0.3, 0.4) is 0 Å². The van der Waals surface area contributed by atoms with Crippen LogP contribution in [0.1, 0.15) is 31.2 Å². The minimum atomic E-state index is -0.0976. The molecule has 0 amide bonds. The van der Waals surface area contributed by atoms with Crippen LogP contribution in [-0.2, 0) is 0 Å². The fourth-order valence-corrected chi connectivity index (χ4v) is 1.93. The first kappa shape index (κ1) is 13.3. The molecule has 0 saturated carbocycles. The number of para-hydroxylation sites is 1. The van der Waals surface area contributed by atoms with Gasteiger partial charge in [0.25, 0.3) is 5.56 Å². The number of ether oxygens (including phenoxy) is 1. The highest BCUT2D eigenvalue weighted by Crippen LogP contribution is 2.29. The maximum Gasteiger partial charge on any atom is 0.254 e. The van der Waals surface area contributed by atoms with Gasteiger partial charge in [-0.3, -0.25) is 4.79 Å². The molecular weight excluding hydrogens is 240 g/mol. The molecule has 1 heterocycles. The first-order chi connectivity index (χ1) is 9.04. The lowest BCUT2D eigenvalue weighted by molar-refractivity contribution is 0.416. The lowest BCUT2D eigenvalue weighted by Crippen LogP contribution is -2.17. The van der Waals surface area contributed by atoms with Crippen LogP contribution in [0.5, 0.6) is 5.75 Å². The van der Waals surface area contributed by atoms with Gasteiger partial charge in [0.1, 0.15) is 11.6 Å². The molecule has 0 saturated heterocycles. The number of hydrogen-bond donors (Lipinski definition) is 1. The maximum absolute atomic E-state index is 12.0. The Hall–Kier alpha value is -2.10. The van der Waals surface area contributed by atoms with E-state index in [1.165, 1.54) is 0 Å². The van der Waals surface area contributed by atoms with Crippen molar-refractivity contribution in [1.82, 2.24) is 9.97 Å². The summed E-state index contributed by atoms with van der Waals surface area (Å²) in [6, 6.07) is 7.59. The Bertz CT molecular complexity index is 645. The highest BCUT2D eigenvalue weighted by atomic mass is 16.5. The van der Waals surface area contributed by atoms with E-state index >= 15 is 0 Å². The van der Waals surface area contributed by atoms with Gasteiger partial charge in [-0.1, -0.05) is 26.0 Å². The van der Waals surface area contributed by atoms with E-state index in [0.29, 0.717) is 17.1 Å². The molecule has 0 spiro atoms. The average Bonchev–Trinajstić information content (AvgIpc) is 2.41. The molecule has 2 aromatic rings. The van der Waals surface area contributed by atoms with Gasteiger partial charge in [0.15, 0.2) is 0 Å². The molecule has 0 bridgehead atoms. The van der Waals surface area contributed by atoms with Crippen LogP contribution in [0.25, 0.3) is 11.3 Å². The Morgan fingerprint density at radius 2 is 1.95 bits per heavy atom. The van der Waals surface area contributed by atoms with E-state index in [1.54, 1.807) is 14.0 Å². The number of H-pyrrole nitrogens is 1. The summed E-state index contributed by atoms with van der Waals surface area (Å²) in [5, 5.41) is 0. The SMILES string of the molecule is COc1ccccc1-c1nc(C(C)C)[nH]c(=O)c1C. The zero-order valence-corrected chi connectivity index (χ0v) is 11.7. The number of methoxy groups -OCH3 is 1. The van der Waals surface area contributed by atoms with Gasteiger partial charge in [-0.2, -0.15) is 0 Å². The van der Waals surface area contributed by atoms with Crippen LogP contribution in [0.4, 0.5) is 0 Å². The summed E-state index contributed by atoms with van der Waals surface area (Å²) in [5.41, 5.74) is 2.04. The fourth-order valence-electron chi connectivity index (χ4n) is 1.93. The van der Waals surface area contributed by atoms with Gasteiger partial charge >= 0.3 is 0 Å². The molecule has 0 atom stereocenters. The van der Waals surface area contributed by atoms with Gasteiger partial charge < -0.3 is 9.72 Å². The van der Waals surface area contributed by atoms with Crippen LogP contribution in [0, 0.1) is 6.92 Å². The van der Waals surface area contributed by atoms with Crippen LogP contribution in [-0.4, -0.2) is 17.1 Å². The number of benzene rings is 1. The number of aromatic nitrogens is 2. The molecular formula is C15H18N2O2. The number of nitrogens with zero attached hydrogens (tertiary/aromatic N) is 1. The van der Waals surface area contributed by atoms with Gasteiger partial charge in [-0.25, -0.2) is 4.98 Å². The van der Waals surface area contributed by atoms with E-state index in [4.69, 9.17) is 4.74 Å². The molecule has 19 heavy (non-hydrogen) atoms. The number of nitrogens with one attached hydrogen (secondary N) is 1. The van der Waals surface area contributed by atoms with E-state index in [-0.39, 0.29) is 11.5 Å². The van der Waals surface area contributed by atoms with E-state index in [1.807, 2.05) is 38.1 Å². The Morgan fingerprint density at radius 3 is 2.58 bits per heavy atom. The third-order valence-corrected chi connectivity index (χ3v) is 3.08. The third-order valence-electron chi connectivity index (χ3n) is 3.08. The van der Waals surface area contributed by atoms with Crippen molar-refractivity contribution in [3.8, 4) is 17.0 Å². The zero-order valence-electron chi connectivity index (χ0n) is 11.7. The van der Waals surface area contributed by atoms with Crippen LogP contribution in [0.2, 0.25) is 0 Å². The maximum atomic E-state index is 12.0. The molecule has 0 aliphatic heterocycles. The fraction of sp³-hybridized carbons (Fsp3) is 0.333. The van der Waals surface area contributed by atoms with Gasteiger partial charge in [0, 0.05) is 17.0 Å². The summed E-state index contributed by atoms with van der Waals surface area (Å²) in [5.74, 6) is 1.58. The molecule has 0 fully saturated rings. The summed E-state index contributed by atoms with van der Waals surface area (Å²) in [4.78, 5) is 19.4. The molecule has 0 aliphatic carbocycles. The van der Waals surface area contributed by atoms with Crippen molar-refractivity contribution in [3.63, 3.8) is 0 Å². The lowest BCUT2D eigenvalue weighted by Gasteiger charge is -2.12. The first-order valence-corrected chi connectivity index (χ1v) is 6.28. The van der Waals surface area contributed by atoms with Gasteiger partial charge in [0.2, 0.25) is 0 Å². The molecule has 1 N–H and O–H groups in total. The summed E-state index contributed by atoms with van der Waals surface area (Å²) < 4.78 is 5.34. The minimum absolute atomic E-state index is 0.0976. The second kappa shape index (κ2) is 5.26. The van der Waals surface area contributed by atoms with Crippen LogP contribution < -0.4 is 10.3 Å². The number of aromatic amines is 1. The third kappa shape index (κ3) is 2.52. The van der Waals surface area contributed by atoms with Crippen molar-refractivity contribution < 1.29 is 4.74 Å². The predicted octanol–water partition coefficient (Wildman–Crippen LogP) is 2.88. The minimum Gasteiger partial charge on any atom is -0.496 e. The molecule has 0 unspecified atom stereocenters.